The minimum Gasteiger partial charge on any atom is -0.507 e. The first-order valence-corrected chi connectivity index (χ1v) is 20.6. The molecule has 0 saturated heterocycles. The SMILES string of the molecule is CCc1c(C)c(C(=O)OCOC)c(C)c(C)c1OC(=O)c1c(C)cc(OC(=O)c2c(C)c(C)c(OC(=O)c3c(C)cc(OCc4ccccc4)cc3OC)c(Br)c2C)c(C)c1O. The van der Waals surface area contributed by atoms with E-state index in [1.54, 1.807) is 67.5 Å². The minimum atomic E-state index is -0.830. The fourth-order valence-corrected chi connectivity index (χ4v) is 7.97. The van der Waals surface area contributed by atoms with E-state index in [-0.39, 0.29) is 52.0 Å². The van der Waals surface area contributed by atoms with E-state index in [2.05, 4.69) is 15.9 Å². The summed E-state index contributed by atoms with van der Waals surface area (Å²) in [6.07, 6.45) is 0.435. The van der Waals surface area contributed by atoms with Gasteiger partial charge >= 0.3 is 23.9 Å². The number of ether oxygens (including phenoxy) is 7. The average Bonchev–Trinajstić information content (AvgIpc) is 3.24. The molecule has 62 heavy (non-hydrogen) atoms. The number of benzene rings is 5. The number of hydrogen-bond acceptors (Lipinski definition) is 12. The zero-order valence-electron chi connectivity index (χ0n) is 37.1. The second-order valence-corrected chi connectivity index (χ2v) is 15.7. The van der Waals surface area contributed by atoms with E-state index in [4.69, 9.17) is 33.2 Å². The maximum absolute atomic E-state index is 14.0. The number of rotatable bonds is 14. The number of carbonyl (C=O) groups excluding carboxylic acids is 4. The lowest BCUT2D eigenvalue weighted by molar-refractivity contribution is -0.0126. The van der Waals surface area contributed by atoms with Crippen molar-refractivity contribution in [2.75, 3.05) is 21.0 Å². The molecule has 0 aliphatic rings. The highest BCUT2D eigenvalue weighted by Gasteiger charge is 2.30. The van der Waals surface area contributed by atoms with Crippen LogP contribution in [0.2, 0.25) is 0 Å². The van der Waals surface area contributed by atoms with Gasteiger partial charge in [-0.15, -0.1) is 0 Å². The summed E-state index contributed by atoms with van der Waals surface area (Å²) in [6, 6.07) is 14.6. The van der Waals surface area contributed by atoms with Crippen LogP contribution in [0.3, 0.4) is 0 Å². The van der Waals surface area contributed by atoms with Crippen molar-refractivity contribution in [1.82, 2.24) is 0 Å². The van der Waals surface area contributed by atoms with Crippen LogP contribution in [0.15, 0.2) is 53.0 Å². The largest absolute Gasteiger partial charge is 0.507 e. The second kappa shape index (κ2) is 19.7. The van der Waals surface area contributed by atoms with Gasteiger partial charge in [-0.1, -0.05) is 37.3 Å². The standard InChI is InChI=1S/C49H51BrO12/c1-13-35-30(8)40(46(52)59-23-56-11)26(4)28(6)44(35)61-48(54)39-25(3)20-36(31(9)43(39)51)60-49(55)41-27(5)29(7)45(42(50)32(41)10)62-47(53)38-24(2)19-34(21-37(38)57-12)58-22-33-17-15-14-16-18-33/h14-21,51H,13,22-23H2,1-12H3. The maximum Gasteiger partial charge on any atom is 0.347 e. The third-order valence-corrected chi connectivity index (χ3v) is 12.0. The molecule has 5 aromatic carbocycles. The van der Waals surface area contributed by atoms with Crippen molar-refractivity contribution in [3.05, 3.63) is 136 Å². The molecular weight excluding hydrogens is 860 g/mol. The molecule has 0 saturated carbocycles. The van der Waals surface area contributed by atoms with Gasteiger partial charge in [0.2, 0.25) is 0 Å². The molecule has 326 valence electrons. The van der Waals surface area contributed by atoms with Crippen molar-refractivity contribution in [3.8, 4) is 34.5 Å². The molecule has 0 unspecified atom stereocenters. The zero-order valence-corrected chi connectivity index (χ0v) is 38.6. The summed E-state index contributed by atoms with van der Waals surface area (Å²) < 4.78 is 39.9. The van der Waals surface area contributed by atoms with Crippen LogP contribution in [0.4, 0.5) is 0 Å². The third-order valence-electron chi connectivity index (χ3n) is 11.1. The monoisotopic (exact) mass is 910 g/mol. The Morgan fingerprint density at radius 3 is 1.77 bits per heavy atom. The Balaban J connectivity index is 1.39. The molecule has 13 heteroatoms. The molecule has 0 amide bonds. The predicted octanol–water partition coefficient (Wildman–Crippen LogP) is 10.5. The Bertz CT molecular complexity index is 2560. The Morgan fingerprint density at radius 1 is 0.597 bits per heavy atom. The molecule has 0 fully saturated rings. The first kappa shape index (κ1) is 46.9. The Kier molecular flexibility index (Phi) is 14.9. The highest BCUT2D eigenvalue weighted by Crippen LogP contribution is 2.41. The Morgan fingerprint density at radius 2 is 1.16 bits per heavy atom. The van der Waals surface area contributed by atoms with Gasteiger partial charge in [-0.25, -0.2) is 19.2 Å². The molecule has 5 aromatic rings. The number of aromatic hydroxyl groups is 1. The summed E-state index contributed by atoms with van der Waals surface area (Å²) in [4.78, 5) is 54.5. The normalized spacial score (nSPS) is 10.9. The minimum absolute atomic E-state index is 0.0273. The number of phenols is 1. The van der Waals surface area contributed by atoms with Gasteiger partial charge in [-0.2, -0.15) is 0 Å². The number of methoxy groups -OCH3 is 2. The summed E-state index contributed by atoms with van der Waals surface area (Å²) in [7, 11) is 2.88. The van der Waals surface area contributed by atoms with Crippen molar-refractivity contribution >= 4 is 39.8 Å². The molecular formula is C49H51BrO12. The quantitative estimate of drug-likeness (QED) is 0.0641. The summed E-state index contributed by atoms with van der Waals surface area (Å²) in [6.45, 7) is 17.2. The highest BCUT2D eigenvalue weighted by atomic mass is 79.9. The summed E-state index contributed by atoms with van der Waals surface area (Å²) in [5, 5.41) is 11.4. The van der Waals surface area contributed by atoms with E-state index >= 15 is 0 Å². The molecule has 12 nitrogen and oxygen atoms in total. The van der Waals surface area contributed by atoms with Crippen molar-refractivity contribution in [1.29, 1.82) is 0 Å². The molecule has 0 aliphatic heterocycles. The molecule has 0 bridgehead atoms. The Hall–Kier alpha value is -6.18. The van der Waals surface area contributed by atoms with Gasteiger partial charge in [0, 0.05) is 18.7 Å². The lowest BCUT2D eigenvalue weighted by Crippen LogP contribution is -2.19. The van der Waals surface area contributed by atoms with Crippen LogP contribution >= 0.6 is 15.9 Å². The van der Waals surface area contributed by atoms with Crippen molar-refractivity contribution in [2.45, 2.75) is 82.3 Å². The average molecular weight is 912 g/mol. The van der Waals surface area contributed by atoms with Gasteiger partial charge in [0.15, 0.2) is 6.79 Å². The van der Waals surface area contributed by atoms with Crippen LogP contribution in [-0.2, 0) is 22.5 Å². The lowest BCUT2D eigenvalue weighted by Gasteiger charge is -2.21. The van der Waals surface area contributed by atoms with Crippen molar-refractivity contribution in [2.24, 2.45) is 0 Å². The van der Waals surface area contributed by atoms with Gasteiger partial charge < -0.3 is 38.3 Å². The fourth-order valence-electron chi connectivity index (χ4n) is 7.39. The van der Waals surface area contributed by atoms with Crippen LogP contribution < -0.4 is 23.7 Å². The molecule has 0 radical (unpaired) electrons. The highest BCUT2D eigenvalue weighted by molar-refractivity contribution is 9.10. The van der Waals surface area contributed by atoms with Gasteiger partial charge in [0.25, 0.3) is 0 Å². The molecule has 0 aromatic heterocycles. The number of hydrogen-bond donors (Lipinski definition) is 1. The number of aryl methyl sites for hydroxylation is 2. The van der Waals surface area contributed by atoms with Crippen LogP contribution in [0, 0.1) is 62.3 Å². The van der Waals surface area contributed by atoms with E-state index < -0.39 is 29.6 Å². The molecule has 0 heterocycles. The van der Waals surface area contributed by atoms with Crippen LogP contribution in [-0.4, -0.2) is 50.0 Å². The molecule has 1 N–H and O–H groups in total. The zero-order chi connectivity index (χ0) is 45.7. The van der Waals surface area contributed by atoms with Gasteiger partial charge in [-0.05, 0) is 152 Å². The van der Waals surface area contributed by atoms with E-state index in [9.17, 15) is 24.3 Å². The van der Waals surface area contributed by atoms with Crippen molar-refractivity contribution < 1.29 is 57.4 Å². The first-order valence-electron chi connectivity index (χ1n) is 19.8. The second-order valence-electron chi connectivity index (χ2n) is 14.9. The van der Waals surface area contributed by atoms with E-state index in [0.29, 0.717) is 78.9 Å². The Labute approximate surface area is 370 Å². The third kappa shape index (κ3) is 9.34. The summed E-state index contributed by atoms with van der Waals surface area (Å²) >= 11 is 3.56. The molecule has 5 rings (SSSR count). The van der Waals surface area contributed by atoms with Gasteiger partial charge in [-0.3, -0.25) is 0 Å². The smallest absolute Gasteiger partial charge is 0.347 e. The fraction of sp³-hybridized carbons (Fsp3) is 0.306. The first-order chi connectivity index (χ1) is 29.4. The summed E-state index contributed by atoms with van der Waals surface area (Å²) in [5.41, 5.74) is 6.48. The molecule has 0 atom stereocenters. The number of carbonyl (C=O) groups is 4. The number of esters is 4. The van der Waals surface area contributed by atoms with Crippen LogP contribution in [0.5, 0.6) is 34.5 Å². The van der Waals surface area contributed by atoms with E-state index in [1.807, 2.05) is 37.3 Å². The maximum atomic E-state index is 14.0. The lowest BCUT2D eigenvalue weighted by atomic mass is 9.91. The number of halogens is 1. The van der Waals surface area contributed by atoms with Crippen LogP contribution in [0.25, 0.3) is 0 Å². The van der Waals surface area contributed by atoms with Crippen molar-refractivity contribution in [3.63, 3.8) is 0 Å². The topological polar surface area (TPSA) is 153 Å². The van der Waals surface area contributed by atoms with Crippen LogP contribution in [0.1, 0.15) is 110 Å². The molecule has 0 aliphatic carbocycles. The predicted molar refractivity (Wildman–Crippen MR) is 237 cm³/mol. The van der Waals surface area contributed by atoms with E-state index in [0.717, 1.165) is 5.56 Å². The number of phenolic OH excluding ortho intramolecular Hbond substituents is 1. The molecule has 0 spiro atoms. The van der Waals surface area contributed by atoms with E-state index in [1.165, 1.54) is 27.2 Å². The van der Waals surface area contributed by atoms with Gasteiger partial charge in [0.1, 0.15) is 52.2 Å². The summed E-state index contributed by atoms with van der Waals surface area (Å²) in [5.74, 6) is -1.89. The van der Waals surface area contributed by atoms with Gasteiger partial charge in [0.05, 0.1) is 22.7 Å².